The number of carbonyl (C=O) groups is 1. The number of hydrogen-bond donors (Lipinski definition) is 4. The van der Waals surface area contributed by atoms with Crippen LogP contribution < -0.4 is 16.4 Å². The molecule has 4 N–H and O–H groups in total. The lowest BCUT2D eigenvalue weighted by atomic mass is 10.2. The van der Waals surface area contributed by atoms with E-state index in [1.807, 2.05) is 23.4 Å². The second-order valence-corrected chi connectivity index (χ2v) is 6.81. The van der Waals surface area contributed by atoms with Gasteiger partial charge in [0, 0.05) is 19.3 Å². The van der Waals surface area contributed by atoms with E-state index in [0.717, 1.165) is 17.0 Å². The van der Waals surface area contributed by atoms with Crippen molar-refractivity contribution in [3.05, 3.63) is 61.9 Å². The largest absolute Gasteiger partial charge is 0.465 e. The van der Waals surface area contributed by atoms with Gasteiger partial charge in [-0.1, -0.05) is 35.3 Å². The third-order valence-electron chi connectivity index (χ3n) is 4.17. The number of nitrogens with one attached hydrogen (secondary N) is 3. The number of imidazole rings is 1. The van der Waals surface area contributed by atoms with Crippen molar-refractivity contribution in [2.45, 2.75) is 19.5 Å². The average Bonchev–Trinajstić information content (AvgIpc) is 2.93. The molecule has 8 nitrogen and oxygen atoms in total. The summed E-state index contributed by atoms with van der Waals surface area (Å²) in [5.41, 5.74) is 5.33. The number of H-pyrrole nitrogens is 1. The van der Waals surface area contributed by atoms with Crippen LogP contribution in [0.25, 0.3) is 6.08 Å². The molecule has 27 heavy (non-hydrogen) atoms. The number of fused-ring (bicyclic) bond motifs is 1. The number of carboxylic acid groups (broad SMARTS) is 1. The Morgan fingerprint density at radius 1 is 1.30 bits per heavy atom. The quantitative estimate of drug-likeness (QED) is 0.524. The van der Waals surface area contributed by atoms with Gasteiger partial charge < -0.3 is 20.4 Å². The molecule has 0 atom stereocenters. The minimum Gasteiger partial charge on any atom is -0.465 e. The van der Waals surface area contributed by atoms with Gasteiger partial charge in [0.1, 0.15) is 0 Å². The van der Waals surface area contributed by atoms with E-state index < -0.39 is 6.09 Å². The second kappa shape index (κ2) is 8.51. The highest BCUT2D eigenvalue weighted by Crippen LogP contribution is 2.26. The van der Waals surface area contributed by atoms with Crippen molar-refractivity contribution in [3.63, 3.8) is 0 Å². The summed E-state index contributed by atoms with van der Waals surface area (Å²) in [5.74, 6) is 0. The zero-order valence-corrected chi connectivity index (χ0v) is 15.8. The SMILES string of the molecule is O=C(O)NCCCNN1C=Cc2[nH]c(=O)n(Cc3cccc(Cl)c3Cl)c2C1. The molecule has 3 rings (SSSR count). The highest BCUT2D eigenvalue weighted by atomic mass is 35.5. The fourth-order valence-corrected chi connectivity index (χ4v) is 3.21. The topological polar surface area (TPSA) is 102 Å². The zero-order valence-electron chi connectivity index (χ0n) is 14.3. The molecule has 1 aliphatic rings. The molecule has 0 spiro atoms. The van der Waals surface area contributed by atoms with Gasteiger partial charge in [-0.3, -0.25) is 4.57 Å². The number of aromatic nitrogens is 2. The highest BCUT2D eigenvalue weighted by molar-refractivity contribution is 6.42. The maximum Gasteiger partial charge on any atom is 0.404 e. The van der Waals surface area contributed by atoms with Crippen LogP contribution in [-0.2, 0) is 13.1 Å². The van der Waals surface area contributed by atoms with Gasteiger partial charge in [-0.25, -0.2) is 15.0 Å². The molecule has 0 bridgehead atoms. The first kappa shape index (κ1) is 19.3. The molecule has 1 aromatic carbocycles. The van der Waals surface area contributed by atoms with E-state index in [1.165, 1.54) is 0 Å². The highest BCUT2D eigenvalue weighted by Gasteiger charge is 2.19. The van der Waals surface area contributed by atoms with Crippen LogP contribution in [0.5, 0.6) is 0 Å². The minimum absolute atomic E-state index is 0.215. The van der Waals surface area contributed by atoms with Crippen molar-refractivity contribution in [3.8, 4) is 0 Å². The number of halogens is 2. The van der Waals surface area contributed by atoms with Gasteiger partial charge in [-0.2, -0.15) is 0 Å². The van der Waals surface area contributed by atoms with Crippen LogP contribution >= 0.6 is 23.2 Å². The third kappa shape index (κ3) is 4.65. The fraction of sp³-hybridized carbons (Fsp3) is 0.294. The van der Waals surface area contributed by atoms with Crippen LogP contribution in [0.1, 0.15) is 23.4 Å². The molecule has 0 fully saturated rings. The molecule has 0 radical (unpaired) electrons. The summed E-state index contributed by atoms with van der Waals surface area (Å²) in [4.78, 5) is 25.6. The Morgan fingerprint density at radius 2 is 2.11 bits per heavy atom. The van der Waals surface area contributed by atoms with Gasteiger partial charge in [0.2, 0.25) is 0 Å². The maximum absolute atomic E-state index is 12.4. The first-order valence-corrected chi connectivity index (χ1v) is 9.11. The molecule has 0 saturated heterocycles. The molecule has 0 aliphatic carbocycles. The lowest BCUT2D eigenvalue weighted by molar-refractivity contribution is 0.193. The first-order chi connectivity index (χ1) is 13.0. The van der Waals surface area contributed by atoms with Gasteiger partial charge in [-0.05, 0) is 24.1 Å². The van der Waals surface area contributed by atoms with E-state index in [2.05, 4.69) is 15.7 Å². The summed E-state index contributed by atoms with van der Waals surface area (Å²) in [5, 5.41) is 13.6. The number of benzene rings is 1. The predicted octanol–water partition coefficient (Wildman–Crippen LogP) is 2.48. The molecule has 1 aliphatic heterocycles. The number of aromatic amines is 1. The van der Waals surface area contributed by atoms with Gasteiger partial charge in [0.25, 0.3) is 0 Å². The van der Waals surface area contributed by atoms with E-state index in [0.29, 0.717) is 42.6 Å². The minimum atomic E-state index is -1.03. The molecule has 144 valence electrons. The Kier molecular flexibility index (Phi) is 6.10. The molecule has 1 amide bonds. The third-order valence-corrected chi connectivity index (χ3v) is 5.03. The standard InChI is InChI=1S/C17H19Cl2N5O3/c18-12-4-1-3-11(15(12)19)9-24-14-10-23(8-5-13(14)22-16(24)25)21-7-2-6-20-17(26)27/h1,3-5,8,20-21H,2,6-7,9-10H2,(H,22,25)(H,26,27). The Hall–Kier alpha value is -2.42. The van der Waals surface area contributed by atoms with Crippen molar-refractivity contribution in [1.29, 1.82) is 0 Å². The molecule has 0 saturated carbocycles. The summed E-state index contributed by atoms with van der Waals surface area (Å²) in [6.07, 6.45) is 3.26. The first-order valence-electron chi connectivity index (χ1n) is 8.35. The zero-order chi connectivity index (χ0) is 19.4. The van der Waals surface area contributed by atoms with Crippen molar-refractivity contribution >= 4 is 35.4 Å². The Labute approximate surface area is 165 Å². The smallest absolute Gasteiger partial charge is 0.404 e. The van der Waals surface area contributed by atoms with E-state index in [1.54, 1.807) is 16.7 Å². The number of nitrogens with zero attached hydrogens (tertiary/aromatic N) is 2. The van der Waals surface area contributed by atoms with Crippen molar-refractivity contribution in [2.75, 3.05) is 13.1 Å². The van der Waals surface area contributed by atoms with Crippen LogP contribution in [0.3, 0.4) is 0 Å². The van der Waals surface area contributed by atoms with E-state index >= 15 is 0 Å². The summed E-state index contributed by atoms with van der Waals surface area (Å²) in [6, 6.07) is 5.34. The number of amides is 1. The summed E-state index contributed by atoms with van der Waals surface area (Å²) in [7, 11) is 0. The summed E-state index contributed by atoms with van der Waals surface area (Å²) >= 11 is 12.3. The number of hydrazine groups is 1. The van der Waals surface area contributed by atoms with Crippen LogP contribution in [0.15, 0.2) is 29.2 Å². The van der Waals surface area contributed by atoms with Crippen molar-refractivity contribution in [1.82, 2.24) is 25.3 Å². The number of rotatable bonds is 7. The molecule has 0 unspecified atom stereocenters. The van der Waals surface area contributed by atoms with E-state index in [4.69, 9.17) is 28.3 Å². The van der Waals surface area contributed by atoms with Gasteiger partial charge in [-0.15, -0.1) is 0 Å². The Balaban J connectivity index is 1.68. The van der Waals surface area contributed by atoms with Crippen LogP contribution in [0.2, 0.25) is 10.0 Å². The fourth-order valence-electron chi connectivity index (χ4n) is 2.83. The van der Waals surface area contributed by atoms with Gasteiger partial charge >= 0.3 is 11.8 Å². The monoisotopic (exact) mass is 411 g/mol. The molecular formula is C17H19Cl2N5O3. The summed E-state index contributed by atoms with van der Waals surface area (Å²) < 4.78 is 1.64. The Bertz CT molecular complexity index is 922. The molecule has 2 heterocycles. The van der Waals surface area contributed by atoms with Crippen LogP contribution in [0.4, 0.5) is 4.79 Å². The lowest BCUT2D eigenvalue weighted by Crippen LogP contribution is -2.37. The molecule has 1 aromatic heterocycles. The number of hydrogen-bond acceptors (Lipinski definition) is 4. The van der Waals surface area contributed by atoms with Crippen molar-refractivity contribution in [2.24, 2.45) is 0 Å². The Morgan fingerprint density at radius 3 is 2.89 bits per heavy atom. The second-order valence-electron chi connectivity index (χ2n) is 6.03. The molecule has 10 heteroatoms. The molecule has 2 aromatic rings. The van der Waals surface area contributed by atoms with E-state index in [9.17, 15) is 9.59 Å². The lowest BCUT2D eigenvalue weighted by Gasteiger charge is -2.25. The predicted molar refractivity (Wildman–Crippen MR) is 104 cm³/mol. The van der Waals surface area contributed by atoms with Gasteiger partial charge in [0.15, 0.2) is 0 Å². The van der Waals surface area contributed by atoms with Gasteiger partial charge in [0.05, 0.1) is 34.5 Å². The normalized spacial score (nSPS) is 12.9. The maximum atomic E-state index is 12.4. The molecular weight excluding hydrogens is 393 g/mol. The van der Waals surface area contributed by atoms with Crippen LogP contribution in [0, 0.1) is 0 Å². The summed E-state index contributed by atoms with van der Waals surface area (Å²) in [6.45, 7) is 1.76. The van der Waals surface area contributed by atoms with Crippen molar-refractivity contribution < 1.29 is 9.90 Å². The average molecular weight is 412 g/mol. The van der Waals surface area contributed by atoms with E-state index in [-0.39, 0.29) is 5.69 Å². The van der Waals surface area contributed by atoms with Crippen LogP contribution in [-0.4, -0.2) is 38.8 Å².